The molecule has 0 aliphatic heterocycles. The Bertz CT molecular complexity index is 759. The highest BCUT2D eigenvalue weighted by atomic mass is 19.1. The van der Waals surface area contributed by atoms with Crippen LogP contribution < -0.4 is 10.1 Å². The molecule has 2 aromatic carbocycles. The second-order valence-electron chi connectivity index (χ2n) is 5.54. The molecule has 0 spiro atoms. The maximum absolute atomic E-state index is 13.7. The number of rotatable bonds is 6. The van der Waals surface area contributed by atoms with Crippen molar-refractivity contribution in [2.75, 3.05) is 14.2 Å². The third kappa shape index (κ3) is 4.79. The van der Waals surface area contributed by atoms with Crippen molar-refractivity contribution in [1.29, 1.82) is 0 Å². The molecule has 0 aliphatic rings. The summed E-state index contributed by atoms with van der Waals surface area (Å²) >= 11 is 0. The Hall–Kier alpha value is -2.89. The van der Waals surface area contributed by atoms with Crippen LogP contribution in [0.4, 0.5) is 4.39 Å². The summed E-state index contributed by atoms with van der Waals surface area (Å²) in [6, 6.07) is 10.6. The second kappa shape index (κ2) is 8.28. The molecule has 6 heteroatoms. The van der Waals surface area contributed by atoms with Gasteiger partial charge in [-0.15, -0.1) is 0 Å². The van der Waals surface area contributed by atoms with Crippen LogP contribution in [0.25, 0.3) is 0 Å². The summed E-state index contributed by atoms with van der Waals surface area (Å²) in [5.41, 5.74) is 1.36. The fraction of sp³-hybridized carbons (Fsp3) is 0.263. The van der Waals surface area contributed by atoms with E-state index in [1.165, 1.54) is 25.3 Å². The number of benzene rings is 2. The van der Waals surface area contributed by atoms with Gasteiger partial charge in [0.2, 0.25) is 0 Å². The van der Waals surface area contributed by atoms with Crippen molar-refractivity contribution in [3.8, 4) is 5.75 Å². The first kappa shape index (κ1) is 18.4. The van der Waals surface area contributed by atoms with Gasteiger partial charge >= 0.3 is 5.97 Å². The highest BCUT2D eigenvalue weighted by Crippen LogP contribution is 2.21. The monoisotopic (exact) mass is 345 g/mol. The number of hydrogen-bond acceptors (Lipinski definition) is 4. The van der Waals surface area contributed by atoms with E-state index in [-0.39, 0.29) is 12.0 Å². The van der Waals surface area contributed by atoms with E-state index in [9.17, 15) is 14.0 Å². The van der Waals surface area contributed by atoms with Gasteiger partial charge in [0.25, 0.3) is 5.91 Å². The van der Waals surface area contributed by atoms with E-state index in [2.05, 4.69) is 5.32 Å². The minimum atomic E-state index is -0.602. The first-order valence-electron chi connectivity index (χ1n) is 7.72. The summed E-state index contributed by atoms with van der Waals surface area (Å²) in [5.74, 6) is -0.728. The van der Waals surface area contributed by atoms with Crippen molar-refractivity contribution < 1.29 is 23.5 Å². The van der Waals surface area contributed by atoms with E-state index in [1.807, 2.05) is 0 Å². The Morgan fingerprint density at radius 1 is 1.12 bits per heavy atom. The zero-order valence-electron chi connectivity index (χ0n) is 14.3. The maximum Gasteiger partial charge on any atom is 0.307 e. The minimum Gasteiger partial charge on any atom is -0.497 e. The van der Waals surface area contributed by atoms with Gasteiger partial charge < -0.3 is 14.8 Å². The molecule has 0 saturated heterocycles. The lowest BCUT2D eigenvalue weighted by molar-refractivity contribution is -0.141. The molecule has 2 aromatic rings. The molecule has 1 atom stereocenters. The molecule has 0 radical (unpaired) electrons. The number of aryl methyl sites for hydroxylation is 1. The van der Waals surface area contributed by atoms with Crippen LogP contribution in [-0.2, 0) is 9.53 Å². The topological polar surface area (TPSA) is 64.6 Å². The number of methoxy groups -OCH3 is 2. The molecule has 0 heterocycles. The molecule has 1 N–H and O–H groups in total. The molecule has 0 fully saturated rings. The van der Waals surface area contributed by atoms with Gasteiger partial charge in [-0.2, -0.15) is 0 Å². The lowest BCUT2D eigenvalue weighted by Gasteiger charge is -2.19. The van der Waals surface area contributed by atoms with E-state index < -0.39 is 23.7 Å². The number of amides is 1. The summed E-state index contributed by atoms with van der Waals surface area (Å²) < 4.78 is 23.5. The van der Waals surface area contributed by atoms with Crippen LogP contribution in [0.3, 0.4) is 0 Å². The van der Waals surface area contributed by atoms with Crippen molar-refractivity contribution in [3.63, 3.8) is 0 Å². The van der Waals surface area contributed by atoms with E-state index in [0.717, 1.165) is 0 Å². The van der Waals surface area contributed by atoms with Crippen LogP contribution in [0, 0.1) is 12.7 Å². The van der Waals surface area contributed by atoms with Crippen LogP contribution in [-0.4, -0.2) is 26.1 Å². The third-order valence-electron chi connectivity index (χ3n) is 3.86. The fourth-order valence-electron chi connectivity index (χ4n) is 2.31. The molecule has 2 rings (SSSR count). The van der Waals surface area contributed by atoms with Crippen molar-refractivity contribution >= 4 is 11.9 Å². The predicted molar refractivity (Wildman–Crippen MR) is 91.0 cm³/mol. The molecule has 1 unspecified atom stereocenters. The lowest BCUT2D eigenvalue weighted by Crippen LogP contribution is -2.30. The molecule has 0 aromatic heterocycles. The molecule has 1 amide bonds. The molecule has 0 saturated carbocycles. The molecule has 132 valence electrons. The predicted octanol–water partition coefficient (Wildman–Crippen LogP) is 3.18. The van der Waals surface area contributed by atoms with Gasteiger partial charge in [-0.1, -0.05) is 18.2 Å². The lowest BCUT2D eigenvalue weighted by atomic mass is 10.0. The number of carbonyl (C=O) groups excluding carboxylic acids is 2. The highest BCUT2D eigenvalue weighted by Gasteiger charge is 2.20. The Kier molecular flexibility index (Phi) is 6.11. The summed E-state index contributed by atoms with van der Waals surface area (Å²) in [6.07, 6.45) is -0.0388. The SMILES string of the molecule is COC(=O)CC(NC(=O)c1ccc(C)c(F)c1)c1ccc(OC)cc1. The Labute approximate surface area is 145 Å². The fourth-order valence-corrected chi connectivity index (χ4v) is 2.31. The van der Waals surface area contributed by atoms with Crippen molar-refractivity contribution in [1.82, 2.24) is 5.32 Å². The van der Waals surface area contributed by atoms with Crippen molar-refractivity contribution in [3.05, 3.63) is 65.0 Å². The first-order valence-corrected chi connectivity index (χ1v) is 7.72. The van der Waals surface area contributed by atoms with Crippen molar-refractivity contribution in [2.45, 2.75) is 19.4 Å². The van der Waals surface area contributed by atoms with Gasteiger partial charge in [-0.3, -0.25) is 9.59 Å². The average Bonchev–Trinajstić information content (AvgIpc) is 2.63. The Morgan fingerprint density at radius 3 is 2.36 bits per heavy atom. The largest absolute Gasteiger partial charge is 0.497 e. The maximum atomic E-state index is 13.7. The number of hydrogen-bond donors (Lipinski definition) is 1. The second-order valence-corrected chi connectivity index (χ2v) is 5.54. The number of halogens is 1. The quantitative estimate of drug-likeness (QED) is 0.817. The first-order chi connectivity index (χ1) is 11.9. The standard InChI is InChI=1S/C19H20FNO4/c1-12-4-5-14(10-16(12)20)19(23)21-17(11-18(22)25-3)13-6-8-15(24-2)9-7-13/h4-10,17H,11H2,1-3H3,(H,21,23). The molecule has 5 nitrogen and oxygen atoms in total. The molecule has 25 heavy (non-hydrogen) atoms. The van der Waals surface area contributed by atoms with Gasteiger partial charge in [-0.05, 0) is 42.3 Å². The molecular formula is C19H20FNO4. The van der Waals surface area contributed by atoms with Gasteiger partial charge in [0.1, 0.15) is 11.6 Å². The van der Waals surface area contributed by atoms with Crippen LogP contribution in [0.1, 0.15) is 33.9 Å². The van der Waals surface area contributed by atoms with E-state index in [1.54, 1.807) is 38.3 Å². The Morgan fingerprint density at radius 2 is 1.80 bits per heavy atom. The van der Waals surface area contributed by atoms with Crippen molar-refractivity contribution in [2.24, 2.45) is 0 Å². The van der Waals surface area contributed by atoms with Gasteiger partial charge in [0, 0.05) is 5.56 Å². The average molecular weight is 345 g/mol. The Balaban J connectivity index is 2.23. The molecule has 0 bridgehead atoms. The number of esters is 1. The summed E-state index contributed by atoms with van der Waals surface area (Å²) in [6.45, 7) is 1.62. The van der Waals surface area contributed by atoms with E-state index >= 15 is 0 Å². The van der Waals surface area contributed by atoms with Gasteiger partial charge in [-0.25, -0.2) is 4.39 Å². The van der Waals surface area contributed by atoms with E-state index in [0.29, 0.717) is 16.9 Å². The zero-order valence-corrected chi connectivity index (χ0v) is 14.3. The van der Waals surface area contributed by atoms with E-state index in [4.69, 9.17) is 9.47 Å². The summed E-state index contributed by atoms with van der Waals surface area (Å²) in [4.78, 5) is 24.1. The summed E-state index contributed by atoms with van der Waals surface area (Å²) in [7, 11) is 2.83. The normalized spacial score (nSPS) is 11.5. The minimum absolute atomic E-state index is 0.0388. The van der Waals surface area contributed by atoms with Gasteiger partial charge in [0.15, 0.2) is 0 Å². The number of ether oxygens (including phenoxy) is 2. The van der Waals surface area contributed by atoms with Crippen LogP contribution >= 0.6 is 0 Å². The van der Waals surface area contributed by atoms with Crippen LogP contribution in [0.5, 0.6) is 5.75 Å². The van der Waals surface area contributed by atoms with Crippen LogP contribution in [0.15, 0.2) is 42.5 Å². The number of carbonyl (C=O) groups is 2. The number of nitrogens with one attached hydrogen (secondary N) is 1. The highest BCUT2D eigenvalue weighted by molar-refractivity contribution is 5.94. The summed E-state index contributed by atoms with van der Waals surface area (Å²) in [5, 5.41) is 2.75. The van der Waals surface area contributed by atoms with Gasteiger partial charge in [0.05, 0.1) is 26.7 Å². The zero-order chi connectivity index (χ0) is 18.4. The molecule has 0 aliphatic carbocycles. The van der Waals surface area contributed by atoms with Crippen LogP contribution in [0.2, 0.25) is 0 Å². The molecular weight excluding hydrogens is 325 g/mol. The third-order valence-corrected chi connectivity index (χ3v) is 3.86. The smallest absolute Gasteiger partial charge is 0.307 e.